The van der Waals surface area contributed by atoms with Crippen LogP contribution in [0.3, 0.4) is 0 Å². The predicted octanol–water partition coefficient (Wildman–Crippen LogP) is 2.79. The molecular weight excluding hydrogens is 280 g/mol. The number of ether oxygens (including phenoxy) is 2. The molecule has 0 N–H and O–H groups in total. The van der Waals surface area contributed by atoms with Crippen LogP contribution in [0.2, 0.25) is 5.02 Å². The van der Waals surface area contributed by atoms with E-state index in [1.54, 1.807) is 37.6 Å². The molecule has 0 aliphatic heterocycles. The maximum atomic E-state index is 11.5. The smallest absolute Gasteiger partial charge is 0.338 e. The highest BCUT2D eigenvalue weighted by atomic mass is 35.5. The van der Waals surface area contributed by atoms with Crippen molar-refractivity contribution in [2.45, 2.75) is 13.5 Å². The highest BCUT2D eigenvalue weighted by Crippen LogP contribution is 2.25. The van der Waals surface area contributed by atoms with Gasteiger partial charge in [-0.2, -0.15) is 0 Å². The van der Waals surface area contributed by atoms with E-state index in [-0.39, 0.29) is 5.97 Å². The molecule has 0 amide bonds. The Morgan fingerprint density at radius 1 is 1.45 bits per heavy atom. The van der Waals surface area contributed by atoms with Crippen LogP contribution in [0.15, 0.2) is 36.9 Å². The molecule has 0 saturated carbocycles. The molecule has 0 fully saturated rings. The molecule has 0 unspecified atom stereocenters. The van der Waals surface area contributed by atoms with E-state index in [2.05, 4.69) is 4.98 Å². The molecule has 0 radical (unpaired) electrons. The Hall–Kier alpha value is -2.01. The second kappa shape index (κ2) is 6.96. The second-order valence-electron chi connectivity index (χ2n) is 4.01. The minimum Gasteiger partial charge on any atom is -0.490 e. The van der Waals surface area contributed by atoms with Crippen LogP contribution in [-0.2, 0) is 11.3 Å². The molecule has 1 aromatic carbocycles. The molecule has 0 saturated heterocycles. The van der Waals surface area contributed by atoms with Gasteiger partial charge in [0.05, 0.1) is 30.1 Å². The number of rotatable bonds is 6. The van der Waals surface area contributed by atoms with E-state index in [0.717, 1.165) is 0 Å². The molecule has 106 valence electrons. The summed E-state index contributed by atoms with van der Waals surface area (Å²) >= 11 is 6.08. The highest BCUT2D eigenvalue weighted by Gasteiger charge is 2.10. The van der Waals surface area contributed by atoms with Gasteiger partial charge in [0, 0.05) is 12.4 Å². The summed E-state index contributed by atoms with van der Waals surface area (Å²) < 4.78 is 12.4. The summed E-state index contributed by atoms with van der Waals surface area (Å²) in [6, 6.07) is 4.85. The molecule has 0 atom stereocenters. The lowest BCUT2D eigenvalue weighted by Gasteiger charge is -2.09. The Morgan fingerprint density at radius 3 is 2.95 bits per heavy atom. The third-order valence-corrected chi connectivity index (χ3v) is 2.90. The van der Waals surface area contributed by atoms with E-state index in [1.165, 1.54) is 0 Å². The number of imidazole rings is 1. The van der Waals surface area contributed by atoms with E-state index >= 15 is 0 Å². The van der Waals surface area contributed by atoms with E-state index in [4.69, 9.17) is 21.1 Å². The zero-order chi connectivity index (χ0) is 14.4. The van der Waals surface area contributed by atoms with E-state index in [1.807, 2.05) is 10.8 Å². The lowest BCUT2D eigenvalue weighted by molar-refractivity contribution is 0.0526. The van der Waals surface area contributed by atoms with Gasteiger partial charge in [-0.1, -0.05) is 11.6 Å². The molecule has 0 spiro atoms. The average molecular weight is 295 g/mol. The summed E-state index contributed by atoms with van der Waals surface area (Å²) in [5, 5.41) is 0.390. The topological polar surface area (TPSA) is 53.4 Å². The Bertz CT molecular complexity index is 570. The van der Waals surface area contributed by atoms with Crippen LogP contribution in [0, 0.1) is 0 Å². The van der Waals surface area contributed by atoms with Crippen molar-refractivity contribution in [3.63, 3.8) is 0 Å². The van der Waals surface area contributed by atoms with Crippen molar-refractivity contribution in [3.8, 4) is 5.75 Å². The van der Waals surface area contributed by atoms with Crippen LogP contribution in [-0.4, -0.2) is 28.7 Å². The third-order valence-electron chi connectivity index (χ3n) is 2.61. The fourth-order valence-corrected chi connectivity index (χ4v) is 1.87. The van der Waals surface area contributed by atoms with Crippen molar-refractivity contribution in [2.75, 3.05) is 13.2 Å². The van der Waals surface area contributed by atoms with Crippen molar-refractivity contribution in [2.24, 2.45) is 0 Å². The summed E-state index contributed by atoms with van der Waals surface area (Å²) in [5.41, 5.74) is 0.416. The van der Waals surface area contributed by atoms with E-state index in [9.17, 15) is 4.79 Å². The lowest BCUT2D eigenvalue weighted by Crippen LogP contribution is -2.08. The van der Waals surface area contributed by atoms with Crippen LogP contribution in [0.4, 0.5) is 0 Å². The van der Waals surface area contributed by atoms with Crippen LogP contribution in [0.5, 0.6) is 5.75 Å². The van der Waals surface area contributed by atoms with Crippen molar-refractivity contribution in [1.29, 1.82) is 0 Å². The first-order valence-corrected chi connectivity index (χ1v) is 6.63. The van der Waals surface area contributed by atoms with Gasteiger partial charge in [0.15, 0.2) is 0 Å². The largest absolute Gasteiger partial charge is 0.490 e. The van der Waals surface area contributed by atoms with Gasteiger partial charge in [-0.05, 0) is 25.1 Å². The van der Waals surface area contributed by atoms with Crippen molar-refractivity contribution in [1.82, 2.24) is 9.55 Å². The molecule has 0 bridgehead atoms. The fourth-order valence-electron chi connectivity index (χ4n) is 1.64. The number of esters is 1. The number of carbonyl (C=O) groups excluding carboxylic acids is 1. The van der Waals surface area contributed by atoms with Gasteiger partial charge in [0.2, 0.25) is 0 Å². The zero-order valence-electron chi connectivity index (χ0n) is 11.1. The van der Waals surface area contributed by atoms with Gasteiger partial charge in [-0.3, -0.25) is 0 Å². The molecule has 1 heterocycles. The molecule has 0 aliphatic carbocycles. The van der Waals surface area contributed by atoms with Gasteiger partial charge in [0.1, 0.15) is 12.4 Å². The van der Waals surface area contributed by atoms with Gasteiger partial charge in [-0.25, -0.2) is 9.78 Å². The average Bonchev–Trinajstić information content (AvgIpc) is 2.94. The molecule has 6 heteroatoms. The zero-order valence-corrected chi connectivity index (χ0v) is 11.8. The number of carbonyl (C=O) groups is 1. The summed E-state index contributed by atoms with van der Waals surface area (Å²) in [7, 11) is 0. The molecular formula is C14H15ClN2O3. The lowest BCUT2D eigenvalue weighted by atomic mass is 10.2. The number of nitrogens with zero attached hydrogens (tertiary/aromatic N) is 2. The maximum absolute atomic E-state index is 11.5. The summed E-state index contributed by atoms with van der Waals surface area (Å²) in [6.45, 7) is 3.23. The highest BCUT2D eigenvalue weighted by molar-refractivity contribution is 6.32. The SMILES string of the molecule is CCOC(=O)c1ccc(OCCn2ccnc2)c(Cl)c1. The number of benzene rings is 1. The Labute approximate surface area is 122 Å². The minimum absolute atomic E-state index is 0.333. The van der Waals surface area contributed by atoms with Gasteiger partial charge < -0.3 is 14.0 Å². The number of aromatic nitrogens is 2. The molecule has 2 rings (SSSR count). The first kappa shape index (κ1) is 14.4. The van der Waals surface area contributed by atoms with E-state index in [0.29, 0.717) is 36.1 Å². The Balaban J connectivity index is 1.93. The number of halogens is 1. The Kier molecular flexibility index (Phi) is 5.01. The molecule has 1 aromatic heterocycles. The molecule has 0 aliphatic rings. The summed E-state index contributed by atoms with van der Waals surface area (Å²) in [6.07, 6.45) is 5.28. The molecule has 5 nitrogen and oxygen atoms in total. The fraction of sp³-hybridized carbons (Fsp3) is 0.286. The monoisotopic (exact) mass is 294 g/mol. The minimum atomic E-state index is -0.389. The predicted molar refractivity (Wildman–Crippen MR) is 75.1 cm³/mol. The summed E-state index contributed by atoms with van der Waals surface area (Å²) in [5.74, 6) is 0.152. The van der Waals surface area contributed by atoms with Crippen molar-refractivity contribution < 1.29 is 14.3 Å². The molecule has 20 heavy (non-hydrogen) atoms. The van der Waals surface area contributed by atoms with E-state index < -0.39 is 0 Å². The second-order valence-corrected chi connectivity index (χ2v) is 4.42. The summed E-state index contributed by atoms with van der Waals surface area (Å²) in [4.78, 5) is 15.5. The quantitative estimate of drug-likeness (QED) is 0.769. The normalized spacial score (nSPS) is 10.3. The van der Waals surface area contributed by atoms with Crippen LogP contribution >= 0.6 is 11.6 Å². The van der Waals surface area contributed by atoms with Crippen molar-refractivity contribution >= 4 is 17.6 Å². The van der Waals surface area contributed by atoms with Crippen LogP contribution < -0.4 is 4.74 Å². The molecule has 2 aromatic rings. The van der Waals surface area contributed by atoms with Crippen molar-refractivity contribution in [3.05, 3.63) is 47.5 Å². The van der Waals surface area contributed by atoms with Crippen LogP contribution in [0.1, 0.15) is 17.3 Å². The Morgan fingerprint density at radius 2 is 2.30 bits per heavy atom. The van der Waals surface area contributed by atoms with Gasteiger partial charge >= 0.3 is 5.97 Å². The standard InChI is InChI=1S/C14H15ClN2O3/c1-2-19-14(18)11-3-4-13(12(15)9-11)20-8-7-17-6-5-16-10-17/h3-6,9-10H,2,7-8H2,1H3. The third kappa shape index (κ3) is 3.74. The number of hydrogen-bond donors (Lipinski definition) is 0. The van der Waals surface area contributed by atoms with Gasteiger partial charge in [-0.15, -0.1) is 0 Å². The van der Waals surface area contributed by atoms with Crippen LogP contribution in [0.25, 0.3) is 0 Å². The first-order chi connectivity index (χ1) is 9.70. The first-order valence-electron chi connectivity index (χ1n) is 6.26. The van der Waals surface area contributed by atoms with Gasteiger partial charge in [0.25, 0.3) is 0 Å². The number of hydrogen-bond acceptors (Lipinski definition) is 4. The maximum Gasteiger partial charge on any atom is 0.338 e.